The van der Waals surface area contributed by atoms with Crippen LogP contribution in [0.3, 0.4) is 0 Å². The number of aromatic nitrogens is 2. The molecule has 1 atom stereocenters. The molecule has 1 aromatic carbocycles. The summed E-state index contributed by atoms with van der Waals surface area (Å²) in [5, 5.41) is 4.78. The SMILES string of the molecule is CCN1CCCn2nc(C3CCCN(C(=O)Cc4cc(OC)ccc4OC)C3)cc2C1=O. The monoisotopic (exact) mass is 440 g/mol. The second kappa shape index (κ2) is 9.63. The first-order chi connectivity index (χ1) is 15.5. The molecule has 1 fully saturated rings. The Hall–Kier alpha value is -3.03. The number of nitrogens with zero attached hydrogens (tertiary/aromatic N) is 4. The van der Waals surface area contributed by atoms with Gasteiger partial charge in [0.1, 0.15) is 17.2 Å². The van der Waals surface area contributed by atoms with Gasteiger partial charge in [0.15, 0.2) is 0 Å². The third-order valence-electron chi connectivity index (χ3n) is 6.51. The molecule has 0 radical (unpaired) electrons. The zero-order chi connectivity index (χ0) is 22.7. The van der Waals surface area contributed by atoms with Crippen molar-refractivity contribution in [2.45, 2.75) is 45.1 Å². The number of hydrogen-bond acceptors (Lipinski definition) is 5. The largest absolute Gasteiger partial charge is 0.497 e. The summed E-state index contributed by atoms with van der Waals surface area (Å²) in [4.78, 5) is 29.8. The van der Waals surface area contributed by atoms with Gasteiger partial charge in [-0.1, -0.05) is 0 Å². The average molecular weight is 441 g/mol. The quantitative estimate of drug-likeness (QED) is 0.690. The Morgan fingerprint density at radius 1 is 1.12 bits per heavy atom. The van der Waals surface area contributed by atoms with Crippen molar-refractivity contribution in [2.75, 3.05) is 40.4 Å². The summed E-state index contributed by atoms with van der Waals surface area (Å²) >= 11 is 0. The number of aryl methyl sites for hydroxylation is 1. The summed E-state index contributed by atoms with van der Waals surface area (Å²) in [7, 11) is 3.22. The maximum atomic E-state index is 13.1. The standard InChI is InChI=1S/C24H32N4O4/c1-4-26-11-6-12-28-21(24(26)30)15-20(25-28)17-7-5-10-27(16-17)23(29)14-18-13-19(31-2)8-9-22(18)32-3/h8-9,13,15,17H,4-7,10-12,14,16H2,1-3H3. The molecule has 8 nitrogen and oxygen atoms in total. The fraction of sp³-hybridized carbons (Fsp3) is 0.542. The van der Waals surface area contributed by atoms with Crippen LogP contribution in [0.15, 0.2) is 24.3 Å². The highest BCUT2D eigenvalue weighted by atomic mass is 16.5. The normalized spacial score (nSPS) is 18.8. The van der Waals surface area contributed by atoms with E-state index < -0.39 is 0 Å². The lowest BCUT2D eigenvalue weighted by molar-refractivity contribution is -0.131. The van der Waals surface area contributed by atoms with E-state index in [1.54, 1.807) is 14.2 Å². The number of carbonyl (C=O) groups excluding carboxylic acids is 2. The minimum atomic E-state index is 0.0533. The Morgan fingerprint density at radius 3 is 2.72 bits per heavy atom. The zero-order valence-corrected chi connectivity index (χ0v) is 19.2. The predicted octanol–water partition coefficient (Wildman–Crippen LogP) is 2.71. The van der Waals surface area contributed by atoms with Gasteiger partial charge in [-0.05, 0) is 50.5 Å². The van der Waals surface area contributed by atoms with Crippen LogP contribution in [0.2, 0.25) is 0 Å². The summed E-state index contributed by atoms with van der Waals surface area (Å²) in [5.74, 6) is 1.65. The molecular weight excluding hydrogens is 408 g/mol. The number of rotatable bonds is 6. The molecule has 8 heteroatoms. The van der Waals surface area contributed by atoms with E-state index in [1.807, 2.05) is 45.7 Å². The lowest BCUT2D eigenvalue weighted by Crippen LogP contribution is -2.40. The lowest BCUT2D eigenvalue weighted by atomic mass is 9.94. The Kier molecular flexibility index (Phi) is 6.67. The van der Waals surface area contributed by atoms with E-state index in [1.165, 1.54) is 0 Å². The van der Waals surface area contributed by atoms with Crippen LogP contribution in [0.1, 0.15) is 53.8 Å². The van der Waals surface area contributed by atoms with E-state index in [0.29, 0.717) is 30.3 Å². The second-order valence-electron chi connectivity index (χ2n) is 8.45. The van der Waals surface area contributed by atoms with Gasteiger partial charge in [-0.15, -0.1) is 0 Å². The topological polar surface area (TPSA) is 76.9 Å². The number of fused-ring (bicyclic) bond motifs is 1. The zero-order valence-electron chi connectivity index (χ0n) is 19.2. The van der Waals surface area contributed by atoms with Gasteiger partial charge in [0.2, 0.25) is 5.91 Å². The number of carbonyl (C=O) groups is 2. The third kappa shape index (κ3) is 4.45. The van der Waals surface area contributed by atoms with Crippen LogP contribution < -0.4 is 9.47 Å². The molecule has 0 bridgehead atoms. The van der Waals surface area contributed by atoms with Crippen LogP contribution in [-0.2, 0) is 17.8 Å². The first-order valence-electron chi connectivity index (χ1n) is 11.4. The summed E-state index contributed by atoms with van der Waals surface area (Å²) < 4.78 is 12.6. The number of benzene rings is 1. The Labute approximate surface area is 189 Å². The van der Waals surface area contributed by atoms with Gasteiger partial charge >= 0.3 is 0 Å². The summed E-state index contributed by atoms with van der Waals surface area (Å²) in [6, 6.07) is 7.46. The number of ether oxygens (including phenoxy) is 2. The van der Waals surface area contributed by atoms with Crippen molar-refractivity contribution in [3.63, 3.8) is 0 Å². The molecule has 0 spiro atoms. The van der Waals surface area contributed by atoms with Crippen LogP contribution in [-0.4, -0.2) is 71.8 Å². The number of hydrogen-bond donors (Lipinski definition) is 0. The average Bonchev–Trinajstić information content (AvgIpc) is 3.19. The predicted molar refractivity (Wildman–Crippen MR) is 120 cm³/mol. The van der Waals surface area contributed by atoms with Gasteiger partial charge in [-0.25, -0.2) is 0 Å². The lowest BCUT2D eigenvalue weighted by Gasteiger charge is -2.32. The first-order valence-corrected chi connectivity index (χ1v) is 11.4. The van der Waals surface area contributed by atoms with Crippen LogP contribution in [0, 0.1) is 0 Å². The molecule has 172 valence electrons. The molecule has 0 aliphatic carbocycles. The highest BCUT2D eigenvalue weighted by molar-refractivity contribution is 5.93. The van der Waals surface area contributed by atoms with E-state index in [-0.39, 0.29) is 24.2 Å². The highest BCUT2D eigenvalue weighted by Gasteiger charge is 2.30. The van der Waals surface area contributed by atoms with Crippen molar-refractivity contribution in [1.29, 1.82) is 0 Å². The number of amides is 2. The summed E-state index contributed by atoms with van der Waals surface area (Å²) in [5.41, 5.74) is 2.41. The molecule has 0 N–H and O–H groups in total. The highest BCUT2D eigenvalue weighted by Crippen LogP contribution is 2.29. The van der Waals surface area contributed by atoms with Crippen LogP contribution >= 0.6 is 0 Å². The van der Waals surface area contributed by atoms with Gasteiger partial charge in [0, 0.05) is 44.2 Å². The molecule has 32 heavy (non-hydrogen) atoms. The van der Waals surface area contributed by atoms with E-state index in [9.17, 15) is 9.59 Å². The van der Waals surface area contributed by atoms with Gasteiger partial charge < -0.3 is 19.3 Å². The molecule has 2 aliphatic rings. The number of piperidine rings is 1. The van der Waals surface area contributed by atoms with Crippen LogP contribution in [0.25, 0.3) is 0 Å². The third-order valence-corrected chi connectivity index (χ3v) is 6.51. The van der Waals surface area contributed by atoms with Crippen LogP contribution in [0.4, 0.5) is 0 Å². The van der Waals surface area contributed by atoms with Crippen molar-refractivity contribution >= 4 is 11.8 Å². The Balaban J connectivity index is 1.48. The first kappa shape index (κ1) is 22.2. The minimum absolute atomic E-state index is 0.0533. The molecule has 3 heterocycles. The smallest absolute Gasteiger partial charge is 0.272 e. The van der Waals surface area contributed by atoms with Crippen molar-refractivity contribution in [1.82, 2.24) is 19.6 Å². The summed E-state index contributed by atoms with van der Waals surface area (Å²) in [6.07, 6.45) is 3.05. The Morgan fingerprint density at radius 2 is 1.97 bits per heavy atom. The van der Waals surface area contributed by atoms with Crippen molar-refractivity contribution in [2.24, 2.45) is 0 Å². The number of likely N-dealkylation sites (tertiary alicyclic amines) is 1. The van der Waals surface area contributed by atoms with E-state index in [4.69, 9.17) is 14.6 Å². The molecular formula is C24H32N4O4. The van der Waals surface area contributed by atoms with E-state index in [0.717, 1.165) is 50.2 Å². The molecule has 2 aromatic rings. The van der Waals surface area contributed by atoms with Crippen molar-refractivity contribution < 1.29 is 19.1 Å². The second-order valence-corrected chi connectivity index (χ2v) is 8.45. The van der Waals surface area contributed by atoms with Gasteiger partial charge in [0.25, 0.3) is 5.91 Å². The molecule has 0 saturated carbocycles. The molecule has 1 saturated heterocycles. The maximum Gasteiger partial charge on any atom is 0.272 e. The Bertz CT molecular complexity index is 986. The van der Waals surface area contributed by atoms with Gasteiger partial charge in [-0.2, -0.15) is 5.10 Å². The van der Waals surface area contributed by atoms with E-state index in [2.05, 4.69) is 0 Å². The van der Waals surface area contributed by atoms with Gasteiger partial charge in [0.05, 0.1) is 26.3 Å². The fourth-order valence-electron chi connectivity index (χ4n) is 4.70. The van der Waals surface area contributed by atoms with E-state index >= 15 is 0 Å². The minimum Gasteiger partial charge on any atom is -0.497 e. The van der Waals surface area contributed by atoms with Gasteiger partial charge in [-0.3, -0.25) is 14.3 Å². The van der Waals surface area contributed by atoms with Crippen molar-refractivity contribution in [3.8, 4) is 11.5 Å². The molecule has 4 rings (SSSR count). The molecule has 1 unspecified atom stereocenters. The fourth-order valence-corrected chi connectivity index (χ4v) is 4.70. The van der Waals surface area contributed by atoms with Crippen molar-refractivity contribution in [3.05, 3.63) is 41.2 Å². The van der Waals surface area contributed by atoms with Crippen LogP contribution in [0.5, 0.6) is 11.5 Å². The number of methoxy groups -OCH3 is 2. The summed E-state index contributed by atoms with van der Waals surface area (Å²) in [6.45, 7) is 5.59. The molecule has 2 aliphatic heterocycles. The maximum absolute atomic E-state index is 13.1. The molecule has 1 aromatic heterocycles. The molecule has 2 amide bonds.